The lowest BCUT2D eigenvalue weighted by molar-refractivity contribution is 1.03. The van der Waals surface area contributed by atoms with Crippen molar-refractivity contribution in [1.29, 1.82) is 0 Å². The Morgan fingerprint density at radius 1 is 0.407 bits per heavy atom. The van der Waals surface area contributed by atoms with Crippen LogP contribution in [-0.2, 0) is 0 Å². The van der Waals surface area contributed by atoms with E-state index in [1.54, 1.807) is 22.7 Å². The second-order valence-corrected chi connectivity index (χ2v) is 9.72. The number of pyridine rings is 1. The van der Waals surface area contributed by atoms with Crippen LogP contribution in [0.4, 0.5) is 0 Å². The fourth-order valence-corrected chi connectivity index (χ4v) is 4.15. The van der Waals surface area contributed by atoms with E-state index in [0.717, 1.165) is 11.4 Å². The van der Waals surface area contributed by atoms with E-state index in [1.807, 2.05) is 27.7 Å². The topological polar surface area (TPSA) is 38.7 Å². The van der Waals surface area contributed by atoms with Gasteiger partial charge in [-0.2, -0.15) is 0 Å². The molecule has 0 aliphatic carbocycles. The normalized spacial score (nSPS) is 10.0. The molecule has 3 aromatic rings. The first-order valence-electron chi connectivity index (χ1n) is 9.16. The lowest BCUT2D eigenvalue weighted by Gasteiger charge is -2.09. The van der Waals surface area contributed by atoms with E-state index in [4.69, 9.17) is 0 Å². The number of thiazole rings is 2. The summed E-state index contributed by atoms with van der Waals surface area (Å²) in [6, 6.07) is 0. The molecule has 3 heterocycles. The molecule has 0 saturated carbocycles. The molecule has 0 aliphatic heterocycles. The molecule has 5 heteroatoms. The molecule has 0 spiro atoms. The predicted molar refractivity (Wildman–Crippen MR) is 121 cm³/mol. The molecule has 0 N–H and O–H groups in total. The highest BCUT2D eigenvalue weighted by Gasteiger charge is 2.04. The minimum Gasteiger partial charge on any atom is -0.258 e. The average molecular weight is 404 g/mol. The van der Waals surface area contributed by atoms with Crippen molar-refractivity contribution in [1.82, 2.24) is 15.0 Å². The quantitative estimate of drug-likeness (QED) is 0.416. The Kier molecular flexibility index (Phi) is 8.76. The van der Waals surface area contributed by atoms with Gasteiger partial charge in [-0.25, -0.2) is 9.97 Å². The lowest BCUT2D eigenvalue weighted by atomic mass is 10.0. The van der Waals surface area contributed by atoms with Gasteiger partial charge in [-0.1, -0.05) is 0 Å². The van der Waals surface area contributed by atoms with Gasteiger partial charge in [0.2, 0.25) is 0 Å². The maximum Gasteiger partial charge on any atom is 0.0899 e. The van der Waals surface area contributed by atoms with Gasteiger partial charge < -0.3 is 0 Å². The van der Waals surface area contributed by atoms with E-state index >= 15 is 0 Å². The molecule has 0 unspecified atom stereocenters. The first-order valence-corrected chi connectivity index (χ1v) is 10.8. The molecule has 27 heavy (non-hydrogen) atoms. The standard InChI is InChI=1S/C10H15N.2C6H9NS/c1-6-7(2)9(4)11-10(5)8(6)3;2*1-4-5(2)8-6(3)7-4/h1-5H3;2*1-3H3. The molecular weight excluding hydrogens is 370 g/mol. The van der Waals surface area contributed by atoms with Crippen LogP contribution in [0.5, 0.6) is 0 Å². The Bertz CT molecular complexity index is 795. The van der Waals surface area contributed by atoms with Crippen LogP contribution in [0, 0.1) is 76.2 Å². The Balaban J connectivity index is 0.000000206. The van der Waals surface area contributed by atoms with Gasteiger partial charge in [-0.3, -0.25) is 4.98 Å². The number of hydrogen-bond acceptors (Lipinski definition) is 5. The van der Waals surface area contributed by atoms with Crippen molar-refractivity contribution in [2.24, 2.45) is 0 Å². The summed E-state index contributed by atoms with van der Waals surface area (Å²) < 4.78 is 0. The molecule has 0 aliphatic rings. The SMILES string of the molecule is Cc1nc(C)c(C)c(C)c1C.Cc1nc(C)c(C)s1.Cc1nc(C)c(C)s1. The maximum atomic E-state index is 4.43. The largest absolute Gasteiger partial charge is 0.258 e. The number of aromatic nitrogens is 3. The van der Waals surface area contributed by atoms with Crippen molar-refractivity contribution in [3.63, 3.8) is 0 Å². The first kappa shape index (κ1) is 23.4. The molecule has 3 rings (SSSR count). The molecule has 0 amide bonds. The number of rotatable bonds is 0. The fraction of sp³-hybridized carbons (Fsp3) is 0.500. The van der Waals surface area contributed by atoms with Crippen molar-refractivity contribution in [3.8, 4) is 0 Å². The van der Waals surface area contributed by atoms with Crippen molar-refractivity contribution >= 4 is 22.7 Å². The summed E-state index contributed by atoms with van der Waals surface area (Å²) in [7, 11) is 0. The zero-order valence-electron chi connectivity index (χ0n) is 18.7. The molecule has 148 valence electrons. The predicted octanol–water partition coefficient (Wildman–Crippen LogP) is 6.76. The van der Waals surface area contributed by atoms with Crippen LogP contribution >= 0.6 is 22.7 Å². The Hall–Kier alpha value is -1.59. The number of hydrogen-bond donors (Lipinski definition) is 0. The molecule has 0 saturated heterocycles. The zero-order chi connectivity index (χ0) is 20.9. The Morgan fingerprint density at radius 3 is 0.926 bits per heavy atom. The van der Waals surface area contributed by atoms with Gasteiger partial charge in [0.05, 0.1) is 21.4 Å². The summed E-state index contributed by atoms with van der Waals surface area (Å²) in [4.78, 5) is 15.6. The van der Waals surface area contributed by atoms with Crippen LogP contribution < -0.4 is 0 Å². The van der Waals surface area contributed by atoms with Crippen LogP contribution in [0.15, 0.2) is 0 Å². The van der Waals surface area contributed by atoms with Gasteiger partial charge in [-0.15, -0.1) is 22.7 Å². The minimum atomic E-state index is 1.16. The minimum absolute atomic E-state index is 1.16. The highest BCUT2D eigenvalue weighted by Crippen LogP contribution is 2.17. The van der Waals surface area contributed by atoms with Crippen LogP contribution in [0.3, 0.4) is 0 Å². The van der Waals surface area contributed by atoms with E-state index in [0.29, 0.717) is 0 Å². The molecular formula is C22H33N3S2. The Labute approximate surface area is 173 Å². The van der Waals surface area contributed by atoms with Crippen molar-refractivity contribution in [2.75, 3.05) is 0 Å². The number of aryl methyl sites for hydroxylation is 8. The second kappa shape index (κ2) is 10.1. The van der Waals surface area contributed by atoms with Crippen LogP contribution in [0.1, 0.15) is 59.2 Å². The van der Waals surface area contributed by atoms with E-state index < -0.39 is 0 Å². The maximum absolute atomic E-state index is 4.43. The third-order valence-corrected chi connectivity index (χ3v) is 6.79. The van der Waals surface area contributed by atoms with E-state index in [9.17, 15) is 0 Å². The zero-order valence-corrected chi connectivity index (χ0v) is 20.3. The van der Waals surface area contributed by atoms with Gasteiger partial charge in [0.15, 0.2) is 0 Å². The lowest BCUT2D eigenvalue weighted by Crippen LogP contribution is -1.98. The highest BCUT2D eigenvalue weighted by atomic mass is 32.1. The molecule has 0 radical (unpaired) electrons. The second-order valence-electron chi connectivity index (χ2n) is 6.91. The molecule has 0 fully saturated rings. The molecule has 0 atom stereocenters. The van der Waals surface area contributed by atoms with E-state index in [2.05, 4.69) is 63.4 Å². The fourth-order valence-electron chi connectivity index (χ4n) is 2.51. The smallest absolute Gasteiger partial charge is 0.0899 e. The summed E-state index contributed by atoms with van der Waals surface area (Å²) in [6.45, 7) is 22.9. The van der Waals surface area contributed by atoms with Gasteiger partial charge in [0.25, 0.3) is 0 Å². The molecule has 3 nitrogen and oxygen atoms in total. The van der Waals surface area contributed by atoms with Crippen LogP contribution in [0.25, 0.3) is 0 Å². The van der Waals surface area contributed by atoms with Gasteiger partial charge in [0, 0.05) is 21.1 Å². The summed E-state index contributed by atoms with van der Waals surface area (Å²) in [5.74, 6) is 0. The van der Waals surface area contributed by atoms with E-state index in [1.165, 1.54) is 47.8 Å². The van der Waals surface area contributed by atoms with Crippen molar-refractivity contribution in [3.05, 3.63) is 59.2 Å². The average Bonchev–Trinajstić information content (AvgIpc) is 3.03. The third-order valence-electron chi connectivity index (χ3n) is 4.82. The number of nitrogens with zero attached hydrogens (tertiary/aromatic N) is 3. The Morgan fingerprint density at radius 2 is 0.741 bits per heavy atom. The van der Waals surface area contributed by atoms with Crippen molar-refractivity contribution < 1.29 is 0 Å². The molecule has 3 aromatic heterocycles. The van der Waals surface area contributed by atoms with Gasteiger partial charge in [0.1, 0.15) is 0 Å². The highest BCUT2D eigenvalue weighted by molar-refractivity contribution is 7.11. The first-order chi connectivity index (χ1) is 12.4. The molecule has 0 aromatic carbocycles. The van der Waals surface area contributed by atoms with Crippen molar-refractivity contribution in [2.45, 2.75) is 76.2 Å². The summed E-state index contributed by atoms with van der Waals surface area (Å²) in [5.41, 5.74) is 8.70. The van der Waals surface area contributed by atoms with E-state index in [-0.39, 0.29) is 0 Å². The third kappa shape index (κ3) is 6.82. The summed E-state index contributed by atoms with van der Waals surface area (Å²) >= 11 is 3.52. The van der Waals surface area contributed by atoms with Crippen LogP contribution in [-0.4, -0.2) is 15.0 Å². The monoisotopic (exact) mass is 403 g/mol. The summed E-state index contributed by atoms with van der Waals surface area (Å²) in [5, 5.41) is 2.33. The van der Waals surface area contributed by atoms with Gasteiger partial charge in [-0.05, 0) is 92.9 Å². The summed E-state index contributed by atoms with van der Waals surface area (Å²) in [6.07, 6.45) is 0. The molecule has 0 bridgehead atoms. The van der Waals surface area contributed by atoms with Crippen LogP contribution in [0.2, 0.25) is 0 Å². The van der Waals surface area contributed by atoms with Gasteiger partial charge >= 0.3 is 0 Å².